The van der Waals surface area contributed by atoms with Gasteiger partial charge in [-0.25, -0.2) is 4.21 Å². The number of nitrogens with zero attached hydrogens (tertiary/aromatic N) is 2. The molecule has 1 saturated heterocycles. The van der Waals surface area contributed by atoms with Gasteiger partial charge in [0.1, 0.15) is 0 Å². The molecule has 2 heterocycles. The predicted octanol–water partition coefficient (Wildman–Crippen LogP) is 2.71. The second-order valence-corrected chi connectivity index (χ2v) is 8.73. The molecular weight excluding hydrogens is 368 g/mol. The van der Waals surface area contributed by atoms with E-state index in [1.54, 1.807) is 0 Å². The van der Waals surface area contributed by atoms with Crippen molar-refractivity contribution in [2.24, 2.45) is 0 Å². The molecule has 0 aromatic heterocycles. The van der Waals surface area contributed by atoms with Crippen LogP contribution < -0.4 is 0 Å². The zero-order valence-corrected chi connectivity index (χ0v) is 16.2. The van der Waals surface area contributed by atoms with Crippen LogP contribution in [-0.2, 0) is 17.2 Å². The molecule has 2 aliphatic heterocycles. The Kier molecular flexibility index (Phi) is 5.43. The summed E-state index contributed by atoms with van der Waals surface area (Å²) in [6, 6.07) is 14.0. The Morgan fingerprint density at radius 3 is 2.62 bits per heavy atom. The molecule has 0 aliphatic carbocycles. The lowest BCUT2D eigenvalue weighted by Gasteiger charge is -2.39. The van der Waals surface area contributed by atoms with Gasteiger partial charge in [0.15, 0.2) is 0 Å². The maximum atomic E-state index is 13.2. The predicted molar refractivity (Wildman–Crippen MR) is 104 cm³/mol. The number of hydrogen-bond donors (Lipinski definition) is 1. The van der Waals surface area contributed by atoms with Gasteiger partial charge in [-0.3, -0.25) is 9.80 Å². The molecule has 0 saturated carbocycles. The van der Waals surface area contributed by atoms with Crippen LogP contribution in [0.1, 0.15) is 17.2 Å². The van der Waals surface area contributed by atoms with Gasteiger partial charge in [-0.1, -0.05) is 29.8 Å². The van der Waals surface area contributed by atoms with Crippen LogP contribution >= 0.6 is 11.6 Å². The summed E-state index contributed by atoms with van der Waals surface area (Å²) in [6.07, 6.45) is 0.818. The van der Waals surface area contributed by atoms with Gasteiger partial charge in [-0.2, -0.15) is 0 Å². The van der Waals surface area contributed by atoms with Gasteiger partial charge in [0.2, 0.25) is 0 Å². The Bertz CT molecular complexity index is 821. The minimum Gasteiger partial charge on any atom is -0.395 e. The lowest BCUT2D eigenvalue weighted by atomic mass is 9.96. The summed E-state index contributed by atoms with van der Waals surface area (Å²) in [5, 5.41) is 9.86. The first-order valence-corrected chi connectivity index (χ1v) is 10.6. The fourth-order valence-corrected chi connectivity index (χ4v) is 5.64. The van der Waals surface area contributed by atoms with Crippen molar-refractivity contribution in [2.45, 2.75) is 22.3 Å². The summed E-state index contributed by atoms with van der Waals surface area (Å²) in [5.41, 5.74) is 2.24. The van der Waals surface area contributed by atoms with Crippen LogP contribution in [0, 0.1) is 0 Å². The highest BCUT2D eigenvalue weighted by molar-refractivity contribution is 7.85. The number of β-amino-alcohol motifs (C(OH)–C–C–N with tert-alkyl or cyclic N) is 1. The van der Waals surface area contributed by atoms with E-state index in [2.05, 4.69) is 15.9 Å². The number of fused-ring (bicyclic) bond motifs is 2. The van der Waals surface area contributed by atoms with Crippen molar-refractivity contribution in [1.82, 2.24) is 9.80 Å². The Morgan fingerprint density at radius 2 is 1.85 bits per heavy atom. The lowest BCUT2D eigenvalue weighted by Crippen LogP contribution is -2.48. The Hall–Kier alpha value is -1.24. The molecule has 0 radical (unpaired) electrons. The third-order valence-corrected chi connectivity index (χ3v) is 7.18. The second-order valence-electron chi connectivity index (χ2n) is 6.88. The summed E-state index contributed by atoms with van der Waals surface area (Å²) < 4.78 is 13.2. The zero-order chi connectivity index (χ0) is 18.1. The monoisotopic (exact) mass is 390 g/mol. The van der Waals surface area contributed by atoms with Gasteiger partial charge in [0, 0.05) is 53.6 Å². The molecule has 0 unspecified atom stereocenters. The first-order valence-electron chi connectivity index (χ1n) is 9.04. The van der Waals surface area contributed by atoms with Crippen LogP contribution in [0.15, 0.2) is 52.3 Å². The number of halogens is 1. The molecule has 1 fully saturated rings. The van der Waals surface area contributed by atoms with Gasteiger partial charge in [-0.05, 0) is 41.8 Å². The maximum Gasteiger partial charge on any atom is 0.0855 e. The standard InChI is InChI=1S/C20H23ClN2O2S/c21-16-5-6-19-15(13-16)14-18(17-3-1-2-4-20(17)26(19)25)23-9-7-22(8-10-23)11-12-24/h1-6,13,18,24H,7-12,14H2/t18-,26-/m0/s1. The van der Waals surface area contributed by atoms with Crippen molar-refractivity contribution in [3.05, 3.63) is 58.6 Å². The van der Waals surface area contributed by atoms with Crippen LogP contribution in [0.5, 0.6) is 0 Å². The zero-order valence-electron chi connectivity index (χ0n) is 14.6. The number of aliphatic hydroxyl groups excluding tert-OH is 1. The summed E-state index contributed by atoms with van der Waals surface area (Å²) in [5.74, 6) is 0. The molecule has 138 valence electrons. The van der Waals surface area contributed by atoms with E-state index in [9.17, 15) is 4.21 Å². The Morgan fingerprint density at radius 1 is 1.08 bits per heavy atom. The highest BCUT2D eigenvalue weighted by Crippen LogP contribution is 2.38. The van der Waals surface area contributed by atoms with E-state index in [4.69, 9.17) is 16.7 Å². The second kappa shape index (κ2) is 7.79. The largest absolute Gasteiger partial charge is 0.395 e. The molecule has 2 aliphatic rings. The molecule has 4 rings (SSSR count). The Balaban J connectivity index is 1.70. The summed E-state index contributed by atoms with van der Waals surface area (Å²) in [6.45, 7) is 4.73. The van der Waals surface area contributed by atoms with Crippen molar-refractivity contribution < 1.29 is 9.32 Å². The SMILES string of the molecule is O=[S@]1c2ccc(Cl)cc2C[C@H](N2CCN(CCO)CC2)c2ccccc21. The van der Waals surface area contributed by atoms with Crippen LogP contribution in [0.25, 0.3) is 0 Å². The normalized spacial score (nSPS) is 23.9. The van der Waals surface area contributed by atoms with E-state index in [0.717, 1.165) is 60.1 Å². The Labute approximate surface area is 161 Å². The molecule has 0 spiro atoms. The van der Waals surface area contributed by atoms with E-state index in [1.807, 2.05) is 36.4 Å². The molecule has 1 N–H and O–H groups in total. The number of piperazine rings is 1. The topological polar surface area (TPSA) is 43.8 Å². The molecular formula is C20H23ClN2O2S. The van der Waals surface area contributed by atoms with Crippen LogP contribution in [0.2, 0.25) is 5.02 Å². The number of benzene rings is 2. The third-order valence-electron chi connectivity index (χ3n) is 5.38. The van der Waals surface area contributed by atoms with Crippen molar-refractivity contribution in [3.8, 4) is 0 Å². The third kappa shape index (κ3) is 3.47. The highest BCUT2D eigenvalue weighted by Gasteiger charge is 2.32. The minimum atomic E-state index is -1.18. The molecule has 2 atom stereocenters. The molecule has 2 aromatic carbocycles. The fourth-order valence-electron chi connectivity index (χ4n) is 4.02. The van der Waals surface area contributed by atoms with Gasteiger partial charge in [-0.15, -0.1) is 0 Å². The highest BCUT2D eigenvalue weighted by atomic mass is 35.5. The fraction of sp³-hybridized carbons (Fsp3) is 0.400. The average Bonchev–Trinajstić information content (AvgIpc) is 2.78. The van der Waals surface area contributed by atoms with Gasteiger partial charge in [0.25, 0.3) is 0 Å². The van der Waals surface area contributed by atoms with E-state index < -0.39 is 10.8 Å². The van der Waals surface area contributed by atoms with E-state index in [0.29, 0.717) is 5.02 Å². The molecule has 6 heteroatoms. The quantitative estimate of drug-likeness (QED) is 0.875. The molecule has 26 heavy (non-hydrogen) atoms. The summed E-state index contributed by atoms with van der Waals surface area (Å²) in [7, 11) is -1.18. The molecule has 0 bridgehead atoms. The summed E-state index contributed by atoms with van der Waals surface area (Å²) >= 11 is 6.23. The average molecular weight is 391 g/mol. The van der Waals surface area contributed by atoms with Gasteiger partial charge >= 0.3 is 0 Å². The number of aliphatic hydroxyl groups is 1. The van der Waals surface area contributed by atoms with Crippen molar-refractivity contribution in [1.29, 1.82) is 0 Å². The van der Waals surface area contributed by atoms with Crippen LogP contribution in [0.3, 0.4) is 0 Å². The maximum absolute atomic E-state index is 13.2. The van der Waals surface area contributed by atoms with Gasteiger partial charge in [0.05, 0.1) is 17.4 Å². The number of hydrogen-bond acceptors (Lipinski definition) is 4. The molecule has 4 nitrogen and oxygen atoms in total. The molecule has 0 amide bonds. The first kappa shape index (κ1) is 18.1. The van der Waals surface area contributed by atoms with E-state index in [1.165, 1.54) is 0 Å². The van der Waals surface area contributed by atoms with Crippen molar-refractivity contribution >= 4 is 22.4 Å². The smallest absolute Gasteiger partial charge is 0.0855 e. The number of rotatable bonds is 3. The van der Waals surface area contributed by atoms with Crippen LogP contribution in [0.4, 0.5) is 0 Å². The first-order chi connectivity index (χ1) is 12.7. The van der Waals surface area contributed by atoms with E-state index >= 15 is 0 Å². The lowest BCUT2D eigenvalue weighted by molar-refractivity contribution is 0.0823. The van der Waals surface area contributed by atoms with E-state index in [-0.39, 0.29) is 12.6 Å². The van der Waals surface area contributed by atoms with Crippen molar-refractivity contribution in [3.63, 3.8) is 0 Å². The molecule has 2 aromatic rings. The minimum absolute atomic E-state index is 0.200. The van der Waals surface area contributed by atoms with Gasteiger partial charge < -0.3 is 5.11 Å². The van der Waals surface area contributed by atoms with Crippen LogP contribution in [-0.4, -0.2) is 58.4 Å². The van der Waals surface area contributed by atoms with Crippen molar-refractivity contribution in [2.75, 3.05) is 39.3 Å². The summed E-state index contributed by atoms with van der Waals surface area (Å²) in [4.78, 5) is 6.57.